The van der Waals surface area contributed by atoms with Crippen LogP contribution in [0.5, 0.6) is 0 Å². The van der Waals surface area contributed by atoms with E-state index >= 15 is 0 Å². The molecule has 0 aliphatic rings. The third-order valence-electron chi connectivity index (χ3n) is 1.73. The average Bonchev–Trinajstić information content (AvgIpc) is 2.48. The molecular formula is C7H9N5. The molecule has 0 bridgehead atoms. The number of nitrogens with one attached hydrogen (secondary N) is 1. The number of nitrogens with zero attached hydrogens (tertiary/aromatic N) is 4. The van der Waals surface area contributed by atoms with Gasteiger partial charge in [0.1, 0.15) is 5.82 Å². The van der Waals surface area contributed by atoms with Crippen LogP contribution in [-0.4, -0.2) is 26.6 Å². The standard InChI is InChI=1S/C7H9N5/c1-5-10-11-7-6(8-2)9-3-4-12(5)7/h3-4H,1-2H3,(H,8,9). The maximum atomic E-state index is 4.10. The zero-order chi connectivity index (χ0) is 8.55. The fourth-order valence-corrected chi connectivity index (χ4v) is 1.12. The molecule has 2 rings (SSSR count). The van der Waals surface area contributed by atoms with Gasteiger partial charge in [-0.2, -0.15) is 0 Å². The molecule has 0 radical (unpaired) electrons. The molecule has 0 saturated heterocycles. The topological polar surface area (TPSA) is 55.1 Å². The second-order valence-corrected chi connectivity index (χ2v) is 2.47. The van der Waals surface area contributed by atoms with Gasteiger partial charge in [-0.05, 0) is 6.92 Å². The molecule has 0 spiro atoms. The van der Waals surface area contributed by atoms with Crippen LogP contribution in [0.1, 0.15) is 5.82 Å². The number of hydrogen-bond donors (Lipinski definition) is 1. The van der Waals surface area contributed by atoms with Crippen molar-refractivity contribution in [3.05, 3.63) is 18.2 Å². The fourth-order valence-electron chi connectivity index (χ4n) is 1.12. The van der Waals surface area contributed by atoms with Crippen molar-refractivity contribution in [3.8, 4) is 0 Å². The number of aryl methyl sites for hydroxylation is 1. The number of rotatable bonds is 1. The number of fused-ring (bicyclic) bond motifs is 1. The summed E-state index contributed by atoms with van der Waals surface area (Å²) in [6.45, 7) is 1.90. The molecule has 12 heavy (non-hydrogen) atoms. The summed E-state index contributed by atoms with van der Waals surface area (Å²) in [7, 11) is 1.81. The highest BCUT2D eigenvalue weighted by molar-refractivity contribution is 5.61. The summed E-state index contributed by atoms with van der Waals surface area (Å²) in [6.07, 6.45) is 3.56. The Morgan fingerprint density at radius 1 is 1.42 bits per heavy atom. The molecule has 2 aromatic rings. The lowest BCUT2D eigenvalue weighted by atomic mass is 10.6. The number of hydrogen-bond acceptors (Lipinski definition) is 4. The van der Waals surface area contributed by atoms with Gasteiger partial charge in [-0.3, -0.25) is 4.40 Å². The van der Waals surface area contributed by atoms with Crippen molar-refractivity contribution in [2.24, 2.45) is 0 Å². The third kappa shape index (κ3) is 0.827. The highest BCUT2D eigenvalue weighted by Crippen LogP contribution is 2.10. The molecule has 0 aliphatic carbocycles. The normalized spacial score (nSPS) is 10.5. The molecule has 2 heterocycles. The van der Waals surface area contributed by atoms with Crippen LogP contribution in [0.3, 0.4) is 0 Å². The van der Waals surface area contributed by atoms with Gasteiger partial charge >= 0.3 is 0 Å². The van der Waals surface area contributed by atoms with Crippen LogP contribution in [0.15, 0.2) is 12.4 Å². The Morgan fingerprint density at radius 3 is 3.00 bits per heavy atom. The molecule has 0 fully saturated rings. The SMILES string of the molecule is CNc1nccn2c(C)nnc12. The van der Waals surface area contributed by atoms with Gasteiger partial charge in [0.2, 0.25) is 5.65 Å². The molecule has 62 valence electrons. The van der Waals surface area contributed by atoms with Crippen molar-refractivity contribution >= 4 is 11.5 Å². The molecule has 0 unspecified atom stereocenters. The summed E-state index contributed by atoms with van der Waals surface area (Å²) in [6, 6.07) is 0. The van der Waals surface area contributed by atoms with E-state index in [0.29, 0.717) is 0 Å². The molecule has 5 heteroatoms. The van der Waals surface area contributed by atoms with Gasteiger partial charge < -0.3 is 5.32 Å². The van der Waals surface area contributed by atoms with Gasteiger partial charge in [-0.1, -0.05) is 0 Å². The van der Waals surface area contributed by atoms with Crippen molar-refractivity contribution in [1.82, 2.24) is 19.6 Å². The Hall–Kier alpha value is -1.65. The van der Waals surface area contributed by atoms with Crippen LogP contribution in [0.4, 0.5) is 5.82 Å². The largest absolute Gasteiger partial charge is 0.370 e. The van der Waals surface area contributed by atoms with E-state index < -0.39 is 0 Å². The van der Waals surface area contributed by atoms with E-state index in [1.165, 1.54) is 0 Å². The molecule has 0 saturated carbocycles. The summed E-state index contributed by atoms with van der Waals surface area (Å²) >= 11 is 0. The van der Waals surface area contributed by atoms with Gasteiger partial charge in [0.05, 0.1) is 0 Å². The van der Waals surface area contributed by atoms with Gasteiger partial charge in [0, 0.05) is 19.4 Å². The van der Waals surface area contributed by atoms with Crippen molar-refractivity contribution in [1.29, 1.82) is 0 Å². The average molecular weight is 163 g/mol. The lowest BCUT2D eigenvalue weighted by Gasteiger charge is -1.99. The first-order chi connectivity index (χ1) is 5.83. The molecule has 0 atom stereocenters. The minimum atomic E-state index is 0.748. The molecule has 2 aromatic heterocycles. The van der Waals surface area contributed by atoms with Crippen molar-refractivity contribution in [3.63, 3.8) is 0 Å². The molecule has 0 aliphatic heterocycles. The highest BCUT2D eigenvalue weighted by atomic mass is 15.3. The number of aromatic nitrogens is 4. The maximum absolute atomic E-state index is 4.10. The first-order valence-corrected chi connectivity index (χ1v) is 3.67. The maximum Gasteiger partial charge on any atom is 0.203 e. The summed E-state index contributed by atoms with van der Waals surface area (Å²) < 4.78 is 1.89. The smallest absolute Gasteiger partial charge is 0.203 e. The van der Waals surface area contributed by atoms with E-state index in [1.54, 1.807) is 6.20 Å². The number of anilines is 1. The zero-order valence-corrected chi connectivity index (χ0v) is 6.94. The Bertz CT molecular complexity index is 405. The second kappa shape index (κ2) is 2.44. The minimum absolute atomic E-state index is 0.748. The van der Waals surface area contributed by atoms with Gasteiger partial charge in [0.25, 0.3) is 0 Å². The Kier molecular flexibility index (Phi) is 1.43. The Morgan fingerprint density at radius 2 is 2.25 bits per heavy atom. The van der Waals surface area contributed by atoms with Crippen LogP contribution in [0.25, 0.3) is 5.65 Å². The van der Waals surface area contributed by atoms with Crippen molar-refractivity contribution in [2.75, 3.05) is 12.4 Å². The molecule has 0 aromatic carbocycles. The van der Waals surface area contributed by atoms with Gasteiger partial charge in [-0.25, -0.2) is 4.98 Å². The summed E-state index contributed by atoms with van der Waals surface area (Å²) in [5.74, 6) is 1.61. The third-order valence-corrected chi connectivity index (χ3v) is 1.73. The van der Waals surface area contributed by atoms with E-state index in [2.05, 4.69) is 20.5 Å². The molecule has 5 nitrogen and oxygen atoms in total. The zero-order valence-electron chi connectivity index (χ0n) is 6.94. The van der Waals surface area contributed by atoms with Crippen LogP contribution in [0.2, 0.25) is 0 Å². The molecular weight excluding hydrogens is 154 g/mol. The van der Waals surface area contributed by atoms with Gasteiger partial charge in [0.15, 0.2) is 5.82 Å². The van der Waals surface area contributed by atoms with Crippen LogP contribution in [-0.2, 0) is 0 Å². The Labute approximate surface area is 69.5 Å². The first-order valence-electron chi connectivity index (χ1n) is 3.67. The van der Waals surface area contributed by atoms with E-state index in [9.17, 15) is 0 Å². The summed E-state index contributed by atoms with van der Waals surface area (Å²) in [5, 5.41) is 10.9. The Balaban J connectivity index is 2.81. The summed E-state index contributed by atoms with van der Waals surface area (Å²) in [5.41, 5.74) is 0.762. The lowest BCUT2D eigenvalue weighted by Crippen LogP contribution is -1.97. The lowest BCUT2D eigenvalue weighted by molar-refractivity contribution is 1.00. The molecule has 0 amide bonds. The van der Waals surface area contributed by atoms with E-state index in [1.807, 2.05) is 24.6 Å². The van der Waals surface area contributed by atoms with Crippen molar-refractivity contribution < 1.29 is 0 Å². The summed E-state index contributed by atoms with van der Waals surface area (Å²) in [4.78, 5) is 4.10. The van der Waals surface area contributed by atoms with Crippen LogP contribution >= 0.6 is 0 Å². The van der Waals surface area contributed by atoms with E-state index in [-0.39, 0.29) is 0 Å². The van der Waals surface area contributed by atoms with Gasteiger partial charge in [-0.15, -0.1) is 10.2 Å². The quantitative estimate of drug-likeness (QED) is 0.664. The predicted octanol–water partition coefficient (Wildman–Crippen LogP) is 0.474. The van der Waals surface area contributed by atoms with Crippen LogP contribution in [0, 0.1) is 6.92 Å². The second-order valence-electron chi connectivity index (χ2n) is 2.47. The predicted molar refractivity (Wildman–Crippen MR) is 45.1 cm³/mol. The van der Waals surface area contributed by atoms with E-state index in [0.717, 1.165) is 17.3 Å². The monoisotopic (exact) mass is 163 g/mol. The van der Waals surface area contributed by atoms with E-state index in [4.69, 9.17) is 0 Å². The molecule has 1 N–H and O–H groups in total. The van der Waals surface area contributed by atoms with Crippen LogP contribution < -0.4 is 5.32 Å². The fraction of sp³-hybridized carbons (Fsp3) is 0.286. The highest BCUT2D eigenvalue weighted by Gasteiger charge is 2.04. The minimum Gasteiger partial charge on any atom is -0.370 e. The van der Waals surface area contributed by atoms with Crippen molar-refractivity contribution in [2.45, 2.75) is 6.92 Å². The first kappa shape index (κ1) is 7.02.